The molecular formula is C20H20ClN5O3S2. The van der Waals surface area contributed by atoms with Crippen molar-refractivity contribution in [3.8, 4) is 0 Å². The van der Waals surface area contributed by atoms with E-state index in [0.717, 1.165) is 27.0 Å². The fourth-order valence-corrected chi connectivity index (χ4v) is 6.23. The number of nitrogens with one attached hydrogen (secondary N) is 1. The van der Waals surface area contributed by atoms with Crippen LogP contribution < -0.4 is 16.2 Å². The van der Waals surface area contributed by atoms with E-state index in [0.29, 0.717) is 5.02 Å². The fraction of sp³-hybridized carbons (Fsp3) is 0.200. The minimum absolute atomic E-state index is 0.00707. The highest BCUT2D eigenvalue weighted by Crippen LogP contribution is 2.31. The van der Waals surface area contributed by atoms with Crippen LogP contribution in [-0.2, 0) is 14.8 Å². The molecule has 8 nitrogen and oxygen atoms in total. The number of nitrogens with two attached hydrogens (primary N) is 2. The first kappa shape index (κ1) is 21.7. The minimum atomic E-state index is -3.94. The Kier molecular flexibility index (Phi) is 6.00. The maximum Gasteiger partial charge on any atom is 0.250 e. The number of carbonyl (C=O) groups excluding carboxylic acids is 1. The van der Waals surface area contributed by atoms with Crippen LogP contribution in [-0.4, -0.2) is 50.4 Å². The number of amides is 1. The van der Waals surface area contributed by atoms with E-state index < -0.39 is 28.0 Å². The summed E-state index contributed by atoms with van der Waals surface area (Å²) in [4.78, 5) is 18.4. The number of hydrogen-bond acceptors (Lipinski definition) is 6. The average Bonchev–Trinajstić information content (AvgIpc) is 3.29. The normalized spacial score (nSPS) is 20.0. The molecule has 2 atom stereocenters. The number of aliphatic imine (C=N–C) groups is 1. The number of likely N-dealkylation sites (tertiary alicyclic amines) is 1. The van der Waals surface area contributed by atoms with Crippen LogP contribution in [0.25, 0.3) is 10.1 Å². The smallest absolute Gasteiger partial charge is 0.250 e. The second kappa shape index (κ2) is 8.56. The van der Waals surface area contributed by atoms with Crippen LogP contribution in [0.3, 0.4) is 0 Å². The number of sulfonamides is 1. The molecule has 1 saturated heterocycles. The van der Waals surface area contributed by atoms with Gasteiger partial charge in [-0.3, -0.25) is 4.79 Å². The number of hydrogen-bond donors (Lipinski definition) is 3. The lowest BCUT2D eigenvalue weighted by Crippen LogP contribution is -2.48. The summed E-state index contributed by atoms with van der Waals surface area (Å²) < 4.78 is 29.0. The first-order chi connectivity index (χ1) is 14.7. The zero-order valence-corrected chi connectivity index (χ0v) is 18.6. The summed E-state index contributed by atoms with van der Waals surface area (Å²) in [6.07, 6.45) is 0. The largest absolute Gasteiger partial charge is 0.383 e. The third kappa shape index (κ3) is 4.58. The molecule has 0 aliphatic carbocycles. The van der Waals surface area contributed by atoms with Gasteiger partial charge in [0.2, 0.25) is 5.91 Å². The van der Waals surface area contributed by atoms with Crippen molar-refractivity contribution in [1.82, 2.24) is 9.62 Å². The molecule has 162 valence electrons. The molecule has 1 aliphatic rings. The molecule has 0 bridgehead atoms. The fourth-order valence-electron chi connectivity index (χ4n) is 3.29. The van der Waals surface area contributed by atoms with E-state index in [2.05, 4.69) is 9.71 Å². The number of amidine groups is 1. The Morgan fingerprint density at radius 2 is 1.97 bits per heavy atom. The van der Waals surface area contributed by atoms with Gasteiger partial charge in [0, 0.05) is 27.9 Å². The molecule has 3 aromatic rings. The Bertz CT molecular complexity index is 1260. The van der Waals surface area contributed by atoms with Crippen molar-refractivity contribution in [3.05, 3.63) is 65.2 Å². The molecule has 4 rings (SSSR count). The monoisotopic (exact) mass is 477 g/mol. The van der Waals surface area contributed by atoms with Crippen molar-refractivity contribution >= 4 is 54.8 Å². The van der Waals surface area contributed by atoms with Crippen LogP contribution in [0, 0.1) is 0 Å². The number of halogens is 1. The SMILES string of the molecule is NC(=NCN1CC(N)C(NS(=O)(=O)c2cc3ccc(Cl)cc3s2)C1=O)c1ccccc1. The highest BCUT2D eigenvalue weighted by atomic mass is 35.5. The summed E-state index contributed by atoms with van der Waals surface area (Å²) in [5.74, 6) is -0.153. The van der Waals surface area contributed by atoms with E-state index in [9.17, 15) is 13.2 Å². The Morgan fingerprint density at radius 3 is 2.71 bits per heavy atom. The Hall–Kier alpha value is -2.50. The second-order valence-corrected chi connectivity index (χ2v) is 10.6. The van der Waals surface area contributed by atoms with Crippen molar-refractivity contribution < 1.29 is 13.2 Å². The summed E-state index contributed by atoms with van der Waals surface area (Å²) >= 11 is 7.06. The molecule has 11 heteroatoms. The van der Waals surface area contributed by atoms with Crippen LogP contribution in [0.15, 0.2) is 63.8 Å². The third-order valence-electron chi connectivity index (χ3n) is 4.92. The van der Waals surface area contributed by atoms with Crippen molar-refractivity contribution in [3.63, 3.8) is 0 Å². The highest BCUT2D eigenvalue weighted by Gasteiger charge is 2.41. The Labute approximate surface area is 188 Å². The molecule has 2 unspecified atom stereocenters. The molecule has 31 heavy (non-hydrogen) atoms. The van der Waals surface area contributed by atoms with E-state index in [-0.39, 0.29) is 23.3 Å². The van der Waals surface area contributed by atoms with Gasteiger partial charge in [0.25, 0.3) is 10.0 Å². The molecule has 2 heterocycles. The summed E-state index contributed by atoms with van der Waals surface area (Å²) in [6.45, 7) is 0.159. The van der Waals surface area contributed by atoms with E-state index in [1.54, 1.807) is 24.3 Å². The van der Waals surface area contributed by atoms with Crippen molar-refractivity contribution in [2.75, 3.05) is 13.2 Å². The van der Waals surface area contributed by atoms with Crippen molar-refractivity contribution in [2.24, 2.45) is 16.5 Å². The predicted octanol–water partition coefficient (Wildman–Crippen LogP) is 1.73. The first-order valence-corrected chi connectivity index (χ1v) is 12.0. The zero-order valence-electron chi connectivity index (χ0n) is 16.2. The van der Waals surface area contributed by atoms with Gasteiger partial charge in [-0.2, -0.15) is 4.72 Å². The number of carbonyl (C=O) groups is 1. The molecule has 0 spiro atoms. The minimum Gasteiger partial charge on any atom is -0.383 e. The first-order valence-electron chi connectivity index (χ1n) is 9.36. The molecule has 5 N–H and O–H groups in total. The average molecular weight is 478 g/mol. The number of benzene rings is 2. The van der Waals surface area contributed by atoms with Crippen LogP contribution >= 0.6 is 22.9 Å². The number of nitrogens with zero attached hydrogens (tertiary/aromatic N) is 2. The lowest BCUT2D eigenvalue weighted by atomic mass is 10.2. The Morgan fingerprint density at radius 1 is 1.23 bits per heavy atom. The summed E-state index contributed by atoms with van der Waals surface area (Å²) in [5, 5.41) is 1.27. The van der Waals surface area contributed by atoms with Gasteiger partial charge in [0.05, 0.1) is 0 Å². The van der Waals surface area contributed by atoms with Gasteiger partial charge in [-0.05, 0) is 23.6 Å². The van der Waals surface area contributed by atoms with Gasteiger partial charge < -0.3 is 16.4 Å². The van der Waals surface area contributed by atoms with Gasteiger partial charge in [-0.1, -0.05) is 48.0 Å². The molecular weight excluding hydrogens is 458 g/mol. The van der Waals surface area contributed by atoms with Crippen LogP contribution in [0.2, 0.25) is 5.02 Å². The maximum absolute atomic E-state index is 12.9. The summed E-state index contributed by atoms with van der Waals surface area (Å²) in [5.41, 5.74) is 12.8. The summed E-state index contributed by atoms with van der Waals surface area (Å²) in [6, 6.07) is 14.1. The van der Waals surface area contributed by atoms with E-state index in [1.807, 2.05) is 30.3 Å². The predicted molar refractivity (Wildman–Crippen MR) is 123 cm³/mol. The van der Waals surface area contributed by atoms with Crippen molar-refractivity contribution in [1.29, 1.82) is 0 Å². The number of fused-ring (bicyclic) bond motifs is 1. The van der Waals surface area contributed by atoms with Crippen LogP contribution in [0.5, 0.6) is 0 Å². The van der Waals surface area contributed by atoms with E-state index >= 15 is 0 Å². The van der Waals surface area contributed by atoms with Gasteiger partial charge in [0.1, 0.15) is 22.8 Å². The molecule has 1 fully saturated rings. The molecule has 2 aromatic carbocycles. The molecule has 0 saturated carbocycles. The maximum atomic E-state index is 12.9. The summed E-state index contributed by atoms with van der Waals surface area (Å²) in [7, 11) is -3.94. The number of rotatable bonds is 6. The lowest BCUT2D eigenvalue weighted by Gasteiger charge is -2.15. The van der Waals surface area contributed by atoms with Gasteiger partial charge >= 0.3 is 0 Å². The van der Waals surface area contributed by atoms with Gasteiger partial charge in [0.15, 0.2) is 0 Å². The van der Waals surface area contributed by atoms with Crippen molar-refractivity contribution in [2.45, 2.75) is 16.3 Å². The molecule has 1 aliphatic heterocycles. The lowest BCUT2D eigenvalue weighted by molar-refractivity contribution is -0.129. The van der Waals surface area contributed by atoms with E-state index in [4.69, 9.17) is 23.1 Å². The number of thiophene rings is 1. The zero-order chi connectivity index (χ0) is 22.2. The van der Waals surface area contributed by atoms with Crippen LogP contribution in [0.1, 0.15) is 5.56 Å². The molecule has 0 radical (unpaired) electrons. The van der Waals surface area contributed by atoms with Crippen LogP contribution in [0.4, 0.5) is 0 Å². The van der Waals surface area contributed by atoms with Gasteiger partial charge in [-0.25, -0.2) is 13.4 Å². The Balaban J connectivity index is 1.48. The second-order valence-electron chi connectivity index (χ2n) is 7.12. The molecule has 1 amide bonds. The highest BCUT2D eigenvalue weighted by molar-refractivity contribution is 7.91. The quantitative estimate of drug-likeness (QED) is 0.367. The third-order valence-corrected chi connectivity index (χ3v) is 8.17. The topological polar surface area (TPSA) is 131 Å². The standard InChI is InChI=1S/C20H20ClN5O3S2/c21-14-7-6-13-8-17(30-16(13)9-14)31(28,29)25-18-15(22)10-26(20(18)27)11-24-19(23)12-4-2-1-3-5-12/h1-9,15,18,25H,10-11,22H2,(H2,23,24). The molecule has 1 aromatic heterocycles. The van der Waals surface area contributed by atoms with Gasteiger partial charge in [-0.15, -0.1) is 11.3 Å². The van der Waals surface area contributed by atoms with E-state index in [1.165, 1.54) is 4.90 Å².